The Balaban J connectivity index is 2.04. The molecular formula is C15H20N4O3. The zero-order valence-electron chi connectivity index (χ0n) is 12.9. The minimum Gasteiger partial charge on any atom is -0.322 e. The first-order valence-electron chi connectivity index (χ1n) is 7.23. The number of carbonyl (C=O) groups is 3. The van der Waals surface area contributed by atoms with Gasteiger partial charge in [0.25, 0.3) is 5.91 Å². The summed E-state index contributed by atoms with van der Waals surface area (Å²) in [5, 5.41) is 5.95. The average molecular weight is 304 g/mol. The predicted molar refractivity (Wildman–Crippen MR) is 82.0 cm³/mol. The van der Waals surface area contributed by atoms with Crippen LogP contribution in [0, 0.1) is 6.92 Å². The van der Waals surface area contributed by atoms with Gasteiger partial charge in [-0.05, 0) is 31.9 Å². The molecule has 0 bridgehead atoms. The molecule has 0 spiro atoms. The lowest BCUT2D eigenvalue weighted by molar-refractivity contribution is -0.133. The molecule has 7 nitrogen and oxygen atoms in total. The topological polar surface area (TPSA) is 90.5 Å². The van der Waals surface area contributed by atoms with Crippen LogP contribution in [-0.2, 0) is 4.79 Å². The average Bonchev–Trinajstić information content (AvgIpc) is 2.74. The number of carbonyl (C=O) groups excluding carboxylic acids is 3. The third kappa shape index (κ3) is 2.88. The van der Waals surface area contributed by atoms with Crippen LogP contribution in [0.4, 0.5) is 15.3 Å². The molecule has 0 radical (unpaired) electrons. The number of rotatable bonds is 4. The van der Waals surface area contributed by atoms with Crippen molar-refractivity contribution >= 4 is 23.7 Å². The molecule has 0 aliphatic carbocycles. The molecule has 118 valence electrons. The number of nitrogens with zero attached hydrogens (tertiary/aromatic N) is 1. The molecule has 0 atom stereocenters. The van der Waals surface area contributed by atoms with E-state index in [1.165, 1.54) is 0 Å². The summed E-state index contributed by atoms with van der Waals surface area (Å²) >= 11 is 0. The normalized spacial score (nSPS) is 16.4. The Morgan fingerprint density at radius 1 is 1.18 bits per heavy atom. The van der Waals surface area contributed by atoms with E-state index in [9.17, 15) is 14.4 Å². The zero-order valence-corrected chi connectivity index (χ0v) is 12.9. The number of hydrogen-bond acceptors (Lipinski definition) is 3. The van der Waals surface area contributed by atoms with E-state index in [1.807, 2.05) is 32.9 Å². The summed E-state index contributed by atoms with van der Waals surface area (Å²) < 4.78 is 0. The van der Waals surface area contributed by atoms with Crippen LogP contribution in [0.15, 0.2) is 24.3 Å². The number of urea groups is 2. The number of benzene rings is 1. The molecule has 22 heavy (non-hydrogen) atoms. The Hall–Kier alpha value is -2.57. The lowest BCUT2D eigenvalue weighted by Crippen LogP contribution is -2.50. The molecule has 1 aromatic carbocycles. The zero-order chi connectivity index (χ0) is 16.3. The fourth-order valence-electron chi connectivity index (χ4n) is 2.35. The van der Waals surface area contributed by atoms with Crippen molar-refractivity contribution in [2.24, 2.45) is 0 Å². The third-order valence-electron chi connectivity index (χ3n) is 3.89. The minimum atomic E-state index is -0.936. The smallest absolute Gasteiger partial charge is 0.322 e. The molecule has 3 N–H and O–H groups in total. The standard InChI is InChI=1S/C15H20N4O3/c1-4-15(5-2)12(20)19(14(22)17-15)18-13(21)16-11-8-6-10(3)7-9-11/h6-9H,4-5H2,1-3H3,(H,17,22)(H2,16,18,21). The van der Waals surface area contributed by atoms with Gasteiger partial charge in [0.2, 0.25) is 0 Å². The van der Waals surface area contributed by atoms with Gasteiger partial charge >= 0.3 is 12.1 Å². The highest BCUT2D eigenvalue weighted by Crippen LogP contribution is 2.23. The Morgan fingerprint density at radius 3 is 2.27 bits per heavy atom. The molecule has 0 unspecified atom stereocenters. The maximum atomic E-state index is 12.3. The number of amides is 5. The van der Waals surface area contributed by atoms with Crippen LogP contribution < -0.4 is 16.1 Å². The van der Waals surface area contributed by atoms with E-state index < -0.39 is 23.5 Å². The minimum absolute atomic E-state index is 0.443. The molecule has 1 heterocycles. The fraction of sp³-hybridized carbons (Fsp3) is 0.400. The first-order valence-corrected chi connectivity index (χ1v) is 7.23. The van der Waals surface area contributed by atoms with Gasteiger partial charge in [0, 0.05) is 5.69 Å². The summed E-state index contributed by atoms with van der Waals surface area (Å²) in [5.74, 6) is -0.443. The monoisotopic (exact) mass is 304 g/mol. The van der Waals surface area contributed by atoms with Crippen LogP contribution in [0.5, 0.6) is 0 Å². The van der Waals surface area contributed by atoms with Crippen molar-refractivity contribution in [3.8, 4) is 0 Å². The van der Waals surface area contributed by atoms with Gasteiger partial charge in [-0.25, -0.2) is 15.0 Å². The molecule has 1 aliphatic rings. The number of aryl methyl sites for hydroxylation is 1. The summed E-state index contributed by atoms with van der Waals surface area (Å²) in [6.45, 7) is 5.57. The largest absolute Gasteiger partial charge is 0.344 e. The van der Waals surface area contributed by atoms with Gasteiger partial charge in [0.1, 0.15) is 5.54 Å². The summed E-state index contributed by atoms with van der Waals surface area (Å²) in [6.07, 6.45) is 0.928. The second-order valence-electron chi connectivity index (χ2n) is 5.29. The van der Waals surface area contributed by atoms with Crippen molar-refractivity contribution in [1.82, 2.24) is 15.8 Å². The van der Waals surface area contributed by atoms with Crippen molar-refractivity contribution in [3.63, 3.8) is 0 Å². The van der Waals surface area contributed by atoms with E-state index in [-0.39, 0.29) is 0 Å². The van der Waals surface area contributed by atoms with E-state index in [0.717, 1.165) is 10.6 Å². The van der Waals surface area contributed by atoms with Crippen molar-refractivity contribution in [2.45, 2.75) is 39.2 Å². The van der Waals surface area contributed by atoms with Crippen molar-refractivity contribution in [1.29, 1.82) is 0 Å². The number of anilines is 1. The Kier molecular flexibility index (Phi) is 4.35. The Bertz CT molecular complexity index is 593. The Labute approximate surface area is 129 Å². The molecular weight excluding hydrogens is 284 g/mol. The first kappa shape index (κ1) is 15.8. The maximum Gasteiger partial charge on any atom is 0.344 e. The maximum absolute atomic E-state index is 12.3. The fourth-order valence-corrected chi connectivity index (χ4v) is 2.35. The van der Waals surface area contributed by atoms with Crippen LogP contribution in [0.1, 0.15) is 32.3 Å². The molecule has 1 fully saturated rings. The van der Waals surface area contributed by atoms with Crippen molar-refractivity contribution in [2.75, 3.05) is 5.32 Å². The van der Waals surface area contributed by atoms with Crippen LogP contribution in [0.25, 0.3) is 0 Å². The lowest BCUT2D eigenvalue weighted by atomic mass is 9.93. The van der Waals surface area contributed by atoms with Gasteiger partial charge in [-0.15, -0.1) is 0 Å². The highest BCUT2D eigenvalue weighted by Gasteiger charge is 2.49. The van der Waals surface area contributed by atoms with E-state index in [1.54, 1.807) is 12.1 Å². The van der Waals surface area contributed by atoms with Gasteiger partial charge in [-0.3, -0.25) is 4.79 Å². The second-order valence-corrected chi connectivity index (χ2v) is 5.29. The second kappa shape index (κ2) is 6.05. The molecule has 5 amide bonds. The van der Waals surface area contributed by atoms with E-state index in [2.05, 4.69) is 16.1 Å². The van der Waals surface area contributed by atoms with E-state index in [4.69, 9.17) is 0 Å². The highest BCUT2D eigenvalue weighted by molar-refractivity contribution is 6.08. The van der Waals surface area contributed by atoms with Gasteiger partial charge < -0.3 is 10.6 Å². The van der Waals surface area contributed by atoms with E-state index in [0.29, 0.717) is 18.5 Å². The summed E-state index contributed by atoms with van der Waals surface area (Å²) in [6, 6.07) is 5.92. The molecule has 1 aliphatic heterocycles. The predicted octanol–water partition coefficient (Wildman–Crippen LogP) is 2.14. The lowest BCUT2D eigenvalue weighted by Gasteiger charge is -2.23. The number of hydrazine groups is 1. The molecule has 0 saturated carbocycles. The van der Waals surface area contributed by atoms with Crippen LogP contribution in [-0.4, -0.2) is 28.5 Å². The summed E-state index contributed by atoms with van der Waals surface area (Å²) in [7, 11) is 0. The quantitative estimate of drug-likeness (QED) is 0.744. The Morgan fingerprint density at radius 2 is 1.77 bits per heavy atom. The molecule has 0 aromatic heterocycles. The van der Waals surface area contributed by atoms with Crippen LogP contribution in [0.2, 0.25) is 0 Å². The molecule has 1 saturated heterocycles. The summed E-state index contributed by atoms with van der Waals surface area (Å²) in [5.41, 5.74) is 2.99. The molecule has 7 heteroatoms. The number of hydrogen-bond donors (Lipinski definition) is 3. The van der Waals surface area contributed by atoms with Gasteiger partial charge in [0.05, 0.1) is 0 Å². The highest BCUT2D eigenvalue weighted by atomic mass is 16.2. The van der Waals surface area contributed by atoms with Gasteiger partial charge in [0.15, 0.2) is 0 Å². The van der Waals surface area contributed by atoms with Crippen molar-refractivity contribution in [3.05, 3.63) is 29.8 Å². The van der Waals surface area contributed by atoms with Gasteiger partial charge in [-0.1, -0.05) is 31.5 Å². The number of nitrogens with one attached hydrogen (secondary N) is 3. The molecule has 1 aromatic rings. The van der Waals surface area contributed by atoms with Gasteiger partial charge in [-0.2, -0.15) is 5.01 Å². The number of imide groups is 1. The third-order valence-corrected chi connectivity index (χ3v) is 3.89. The van der Waals surface area contributed by atoms with Crippen LogP contribution >= 0.6 is 0 Å². The first-order chi connectivity index (χ1) is 10.4. The van der Waals surface area contributed by atoms with Crippen LogP contribution in [0.3, 0.4) is 0 Å². The van der Waals surface area contributed by atoms with Crippen molar-refractivity contribution < 1.29 is 14.4 Å². The SMILES string of the molecule is CCC1(CC)NC(=O)N(NC(=O)Nc2ccc(C)cc2)C1=O. The molecule has 2 rings (SSSR count). The summed E-state index contributed by atoms with van der Waals surface area (Å²) in [4.78, 5) is 36.2. The van der Waals surface area contributed by atoms with E-state index >= 15 is 0 Å².